The summed E-state index contributed by atoms with van der Waals surface area (Å²) >= 11 is 0. The molecule has 8 heavy (non-hydrogen) atoms. The second kappa shape index (κ2) is 3.87. The molecule has 50 valence electrons. The van der Waals surface area contributed by atoms with Crippen LogP contribution < -0.4 is 0 Å². The van der Waals surface area contributed by atoms with Crippen LogP contribution >= 0.6 is 0 Å². The highest BCUT2D eigenvalue weighted by Gasteiger charge is 2.27. The van der Waals surface area contributed by atoms with Crippen molar-refractivity contribution < 1.29 is 9.84 Å². The Kier molecular flexibility index (Phi) is 3.83. The predicted molar refractivity (Wildman–Crippen MR) is 32.8 cm³/mol. The highest BCUT2D eigenvalue weighted by Crippen LogP contribution is 2.18. The molecule has 2 heteroatoms. The van der Waals surface area contributed by atoms with Gasteiger partial charge < -0.3 is 9.84 Å². The van der Waals surface area contributed by atoms with Gasteiger partial charge in [-0.05, 0) is 20.8 Å². The number of aliphatic hydroxyl groups excluding tert-OH is 1. The second-order valence-electron chi connectivity index (χ2n) is 1.86. The van der Waals surface area contributed by atoms with Crippen LogP contribution in [0.5, 0.6) is 0 Å². The number of rotatable bonds is 0. The van der Waals surface area contributed by atoms with E-state index in [0.29, 0.717) is 12.2 Å². The molecule has 0 aromatic carbocycles. The quantitative estimate of drug-likeness (QED) is 0.477. The van der Waals surface area contributed by atoms with Gasteiger partial charge in [-0.1, -0.05) is 0 Å². The fraction of sp³-hybridized carbons (Fsp3) is 1.00. The zero-order valence-corrected chi connectivity index (χ0v) is 5.72. The third kappa shape index (κ3) is 4.09. The van der Waals surface area contributed by atoms with Crippen molar-refractivity contribution in [1.29, 1.82) is 0 Å². The van der Waals surface area contributed by atoms with Crippen LogP contribution in [0.2, 0.25) is 0 Å². The standard InChI is InChI=1S/C4H8O.C2H6O/c1-3-4(2)5-3;1-2-3/h3-4H,1-2H3;3H,2H2,1H3. The lowest BCUT2D eigenvalue weighted by Gasteiger charge is -1.57. The van der Waals surface area contributed by atoms with Gasteiger partial charge in [0.2, 0.25) is 0 Å². The molecular formula is C6H14O2. The van der Waals surface area contributed by atoms with E-state index < -0.39 is 0 Å². The van der Waals surface area contributed by atoms with E-state index in [2.05, 4.69) is 13.8 Å². The highest BCUT2D eigenvalue weighted by atomic mass is 16.6. The third-order valence-corrected chi connectivity index (χ3v) is 1.01. The van der Waals surface area contributed by atoms with Crippen LogP contribution in [0, 0.1) is 0 Å². The summed E-state index contributed by atoms with van der Waals surface area (Å²) in [5, 5.41) is 7.57. The normalized spacial score (nSPS) is 33.0. The van der Waals surface area contributed by atoms with Gasteiger partial charge in [-0.15, -0.1) is 0 Å². The van der Waals surface area contributed by atoms with Crippen LogP contribution in [-0.2, 0) is 4.74 Å². The maximum absolute atomic E-state index is 7.57. The molecule has 2 atom stereocenters. The third-order valence-electron chi connectivity index (χ3n) is 1.01. The fourth-order valence-electron chi connectivity index (χ4n) is 0.293. The van der Waals surface area contributed by atoms with Crippen LogP contribution in [0.25, 0.3) is 0 Å². The molecule has 1 fully saturated rings. The minimum atomic E-state index is 0.250. The number of epoxide rings is 1. The van der Waals surface area contributed by atoms with Crippen LogP contribution in [-0.4, -0.2) is 23.9 Å². The van der Waals surface area contributed by atoms with E-state index in [1.165, 1.54) is 0 Å². The van der Waals surface area contributed by atoms with Gasteiger partial charge in [-0.3, -0.25) is 0 Å². The zero-order chi connectivity index (χ0) is 6.57. The van der Waals surface area contributed by atoms with E-state index in [4.69, 9.17) is 9.84 Å². The van der Waals surface area contributed by atoms with Crippen molar-refractivity contribution in [2.75, 3.05) is 6.61 Å². The molecule has 0 amide bonds. The van der Waals surface area contributed by atoms with Gasteiger partial charge in [0.15, 0.2) is 0 Å². The van der Waals surface area contributed by atoms with Gasteiger partial charge >= 0.3 is 0 Å². The molecule has 1 saturated heterocycles. The van der Waals surface area contributed by atoms with Crippen molar-refractivity contribution in [3.63, 3.8) is 0 Å². The molecule has 1 heterocycles. The molecule has 1 aliphatic heterocycles. The lowest BCUT2D eigenvalue weighted by molar-refractivity contribution is 0.318. The summed E-state index contributed by atoms with van der Waals surface area (Å²) in [5.74, 6) is 0. The Morgan fingerprint density at radius 3 is 1.50 bits per heavy atom. The Labute approximate surface area is 50.5 Å². The molecular weight excluding hydrogens is 104 g/mol. The monoisotopic (exact) mass is 118 g/mol. The highest BCUT2D eigenvalue weighted by molar-refractivity contribution is 4.73. The minimum absolute atomic E-state index is 0.250. The molecule has 0 saturated carbocycles. The molecule has 1 rings (SSSR count). The molecule has 0 spiro atoms. The summed E-state index contributed by atoms with van der Waals surface area (Å²) in [5.41, 5.74) is 0. The summed E-state index contributed by atoms with van der Waals surface area (Å²) < 4.78 is 4.92. The largest absolute Gasteiger partial charge is 0.397 e. The molecule has 0 aliphatic carbocycles. The molecule has 0 aromatic heterocycles. The molecule has 2 nitrogen and oxygen atoms in total. The van der Waals surface area contributed by atoms with Gasteiger partial charge in [-0.2, -0.15) is 0 Å². The molecule has 0 radical (unpaired) electrons. The van der Waals surface area contributed by atoms with Gasteiger partial charge in [0.1, 0.15) is 0 Å². The number of hydrogen-bond donors (Lipinski definition) is 1. The first kappa shape index (κ1) is 7.92. The number of hydrogen-bond acceptors (Lipinski definition) is 2. The topological polar surface area (TPSA) is 32.8 Å². The van der Waals surface area contributed by atoms with Crippen molar-refractivity contribution in [3.8, 4) is 0 Å². The van der Waals surface area contributed by atoms with E-state index in [9.17, 15) is 0 Å². The first-order valence-electron chi connectivity index (χ1n) is 2.98. The van der Waals surface area contributed by atoms with E-state index in [0.717, 1.165) is 0 Å². The first-order chi connectivity index (χ1) is 3.72. The van der Waals surface area contributed by atoms with Crippen molar-refractivity contribution in [3.05, 3.63) is 0 Å². The van der Waals surface area contributed by atoms with E-state index >= 15 is 0 Å². The molecule has 1 N–H and O–H groups in total. The van der Waals surface area contributed by atoms with Crippen LogP contribution in [0.3, 0.4) is 0 Å². The van der Waals surface area contributed by atoms with Gasteiger partial charge in [-0.25, -0.2) is 0 Å². The SMILES string of the molecule is CC1OC1C.CCO. The predicted octanol–water partition coefficient (Wildman–Crippen LogP) is 0.792. The van der Waals surface area contributed by atoms with Crippen molar-refractivity contribution >= 4 is 0 Å². The van der Waals surface area contributed by atoms with Crippen molar-refractivity contribution in [2.24, 2.45) is 0 Å². The maximum Gasteiger partial charge on any atom is 0.0811 e. The van der Waals surface area contributed by atoms with E-state index in [1.54, 1.807) is 6.92 Å². The summed E-state index contributed by atoms with van der Waals surface area (Å²) in [6, 6.07) is 0. The minimum Gasteiger partial charge on any atom is -0.397 e. The lowest BCUT2D eigenvalue weighted by atomic mass is 10.4. The Hall–Kier alpha value is -0.0800. The summed E-state index contributed by atoms with van der Waals surface area (Å²) in [4.78, 5) is 0. The smallest absolute Gasteiger partial charge is 0.0811 e. The van der Waals surface area contributed by atoms with E-state index in [-0.39, 0.29) is 6.61 Å². The number of aliphatic hydroxyl groups is 1. The fourth-order valence-corrected chi connectivity index (χ4v) is 0.293. The van der Waals surface area contributed by atoms with Gasteiger partial charge in [0, 0.05) is 6.61 Å². The van der Waals surface area contributed by atoms with Crippen LogP contribution in [0.15, 0.2) is 0 Å². The summed E-state index contributed by atoms with van der Waals surface area (Å²) in [7, 11) is 0. The second-order valence-corrected chi connectivity index (χ2v) is 1.86. The molecule has 0 bridgehead atoms. The zero-order valence-electron chi connectivity index (χ0n) is 5.72. The molecule has 0 aromatic rings. The van der Waals surface area contributed by atoms with Crippen molar-refractivity contribution in [1.82, 2.24) is 0 Å². The van der Waals surface area contributed by atoms with Gasteiger partial charge in [0.05, 0.1) is 12.2 Å². The Morgan fingerprint density at radius 2 is 1.50 bits per heavy atom. The Bertz CT molecular complexity index is 48.5. The van der Waals surface area contributed by atoms with Crippen LogP contribution in [0.4, 0.5) is 0 Å². The Balaban J connectivity index is 0.000000145. The molecule has 2 unspecified atom stereocenters. The van der Waals surface area contributed by atoms with Crippen LogP contribution in [0.1, 0.15) is 20.8 Å². The maximum atomic E-state index is 7.57. The van der Waals surface area contributed by atoms with E-state index in [1.807, 2.05) is 0 Å². The molecule has 1 aliphatic rings. The van der Waals surface area contributed by atoms with Gasteiger partial charge in [0.25, 0.3) is 0 Å². The Morgan fingerprint density at radius 1 is 1.38 bits per heavy atom. The first-order valence-corrected chi connectivity index (χ1v) is 2.98. The summed E-state index contributed by atoms with van der Waals surface area (Å²) in [6.45, 7) is 6.08. The average Bonchev–Trinajstić information content (AvgIpc) is 2.22. The number of ether oxygens (including phenoxy) is 1. The average molecular weight is 118 g/mol. The lowest BCUT2D eigenvalue weighted by Crippen LogP contribution is -1.74. The van der Waals surface area contributed by atoms with Crippen molar-refractivity contribution in [2.45, 2.75) is 33.0 Å². The summed E-state index contributed by atoms with van der Waals surface area (Å²) in [6.07, 6.45) is 1.10.